The van der Waals surface area contributed by atoms with E-state index >= 15 is 0 Å². The van der Waals surface area contributed by atoms with Crippen LogP contribution in [0.5, 0.6) is 0 Å². The molecule has 0 amide bonds. The van der Waals surface area contributed by atoms with Gasteiger partial charge in [-0.05, 0) is 17.7 Å². The number of hydrogen-bond acceptors (Lipinski definition) is 5. The van der Waals surface area contributed by atoms with Crippen molar-refractivity contribution in [3.8, 4) is 18.2 Å². The number of nitrogens with zero attached hydrogens (tertiary/aromatic N) is 4. The molecule has 1 aliphatic heterocycles. The lowest BCUT2D eigenvalue weighted by atomic mass is 9.81. The number of rotatable bonds is 2. The maximum Gasteiger partial charge on any atom is 0.116 e. The molecule has 1 heterocycles. The number of benzene rings is 1. The van der Waals surface area contributed by atoms with E-state index in [1.54, 1.807) is 36.2 Å². The van der Waals surface area contributed by atoms with Crippen molar-refractivity contribution in [1.82, 2.24) is 5.32 Å². The van der Waals surface area contributed by atoms with Crippen LogP contribution in [0.4, 0.5) is 0 Å². The van der Waals surface area contributed by atoms with Crippen LogP contribution < -0.4 is 11.1 Å². The second-order valence-electron chi connectivity index (χ2n) is 4.55. The fourth-order valence-electron chi connectivity index (χ4n) is 2.28. The summed E-state index contributed by atoms with van der Waals surface area (Å²) in [7, 11) is 0. The minimum atomic E-state index is -0.768. The Labute approximate surface area is 137 Å². The van der Waals surface area contributed by atoms with Gasteiger partial charge in [0.1, 0.15) is 11.9 Å². The van der Waals surface area contributed by atoms with E-state index in [0.29, 0.717) is 10.6 Å². The summed E-state index contributed by atoms with van der Waals surface area (Å²) in [4.78, 5) is 0. The van der Waals surface area contributed by atoms with Gasteiger partial charge >= 0.3 is 0 Å². The predicted molar refractivity (Wildman–Crippen MR) is 84.3 cm³/mol. The van der Waals surface area contributed by atoms with E-state index in [1.807, 2.05) is 12.1 Å². The monoisotopic (exact) mass is 319 g/mol. The Kier molecular flexibility index (Phi) is 4.50. The number of nitriles is 3. The van der Waals surface area contributed by atoms with Crippen LogP contribution in [0.25, 0.3) is 5.41 Å². The molecule has 1 atom stereocenters. The van der Waals surface area contributed by atoms with E-state index in [1.165, 1.54) is 0 Å². The Morgan fingerprint density at radius 3 is 2.22 bits per heavy atom. The van der Waals surface area contributed by atoms with Gasteiger partial charge in [-0.1, -0.05) is 23.7 Å². The van der Waals surface area contributed by atoms with Crippen molar-refractivity contribution in [1.29, 1.82) is 15.8 Å². The Morgan fingerprint density at radius 1 is 1.13 bits per heavy atom. The van der Waals surface area contributed by atoms with Crippen LogP contribution in [-0.2, 0) is 0 Å². The summed E-state index contributed by atoms with van der Waals surface area (Å²) in [6, 6.07) is 12.2. The standard InChI is InChI=1S/C16H8ClN6/c17-11-3-1-9(2-4-11)14-12(7-20)15(10(5-18)6-19)23-16(22)13(14)8-21/h1-4,14,23H,22H2/q-1. The normalized spacial score (nSPS) is 16.5. The maximum atomic E-state index is 9.51. The van der Waals surface area contributed by atoms with E-state index in [0.717, 1.165) is 0 Å². The van der Waals surface area contributed by atoms with Gasteiger partial charge in [0.2, 0.25) is 0 Å². The Morgan fingerprint density at radius 2 is 1.74 bits per heavy atom. The average molecular weight is 320 g/mol. The van der Waals surface area contributed by atoms with Gasteiger partial charge in [0.05, 0.1) is 40.5 Å². The predicted octanol–water partition coefficient (Wildman–Crippen LogP) is 2.19. The third kappa shape index (κ3) is 2.79. The number of hydrogen-bond donors (Lipinski definition) is 2. The zero-order chi connectivity index (χ0) is 17.0. The summed E-state index contributed by atoms with van der Waals surface area (Å²) in [5.41, 5.74) is 6.42. The number of dihydropyridines is 1. The molecule has 0 fully saturated rings. The van der Waals surface area contributed by atoms with Crippen molar-refractivity contribution < 1.29 is 0 Å². The summed E-state index contributed by atoms with van der Waals surface area (Å²) >= 11 is 5.86. The molecule has 7 heteroatoms. The SMILES string of the molecule is N#CC(=C=[N-])C1=C(C#N)C(c2ccc(Cl)cc2)C(C#N)=C(N)N1. The maximum absolute atomic E-state index is 9.51. The third-order valence-corrected chi connectivity index (χ3v) is 3.57. The molecule has 6 nitrogen and oxygen atoms in total. The molecule has 0 saturated heterocycles. The second-order valence-corrected chi connectivity index (χ2v) is 4.98. The smallest absolute Gasteiger partial charge is 0.116 e. The molecular weight excluding hydrogens is 312 g/mol. The first kappa shape index (κ1) is 15.9. The Bertz CT molecular complexity index is 896. The first-order valence-electron chi connectivity index (χ1n) is 6.31. The largest absolute Gasteiger partial charge is 0.762 e. The molecular formula is C16H8ClN6-. The second kappa shape index (κ2) is 6.52. The molecule has 110 valence electrons. The average Bonchev–Trinajstić information content (AvgIpc) is 2.56. The summed E-state index contributed by atoms with van der Waals surface area (Å²) in [6.07, 6.45) is 0. The number of allylic oxidation sites excluding steroid dienone is 3. The van der Waals surface area contributed by atoms with E-state index in [2.05, 4.69) is 5.32 Å². The highest BCUT2D eigenvalue weighted by Crippen LogP contribution is 2.37. The van der Waals surface area contributed by atoms with Crippen LogP contribution in [0.1, 0.15) is 11.5 Å². The molecule has 0 spiro atoms. The number of nitrogens with one attached hydrogen (secondary N) is 1. The Hall–Kier alpha value is -3.49. The van der Waals surface area contributed by atoms with Gasteiger partial charge in [0.15, 0.2) is 0 Å². The highest BCUT2D eigenvalue weighted by molar-refractivity contribution is 6.30. The molecule has 2 rings (SSSR count). The van der Waals surface area contributed by atoms with Crippen molar-refractivity contribution in [2.24, 2.45) is 5.73 Å². The molecule has 0 radical (unpaired) electrons. The van der Waals surface area contributed by atoms with Crippen molar-refractivity contribution in [2.75, 3.05) is 0 Å². The van der Waals surface area contributed by atoms with Crippen LogP contribution in [0, 0.1) is 34.0 Å². The molecule has 0 aliphatic carbocycles. The molecule has 3 N–H and O–H groups in total. The summed E-state index contributed by atoms with van der Waals surface area (Å²) < 4.78 is 0. The van der Waals surface area contributed by atoms with Crippen LogP contribution in [0.3, 0.4) is 0 Å². The molecule has 1 aromatic carbocycles. The van der Waals surface area contributed by atoms with Gasteiger partial charge in [-0.15, -0.1) is 0 Å². The molecule has 1 unspecified atom stereocenters. The Balaban J connectivity index is 2.76. The number of halogens is 1. The molecule has 1 aromatic rings. The molecule has 0 bridgehead atoms. The van der Waals surface area contributed by atoms with Gasteiger partial charge in [0.25, 0.3) is 0 Å². The molecule has 1 aliphatic rings. The highest BCUT2D eigenvalue weighted by Gasteiger charge is 2.32. The van der Waals surface area contributed by atoms with E-state index in [4.69, 9.17) is 28.0 Å². The highest BCUT2D eigenvalue weighted by atomic mass is 35.5. The van der Waals surface area contributed by atoms with Gasteiger partial charge < -0.3 is 16.5 Å². The lowest BCUT2D eigenvalue weighted by Crippen LogP contribution is -2.31. The van der Waals surface area contributed by atoms with Crippen molar-refractivity contribution in [2.45, 2.75) is 5.92 Å². The zero-order valence-corrected chi connectivity index (χ0v) is 12.4. The van der Waals surface area contributed by atoms with Crippen molar-refractivity contribution in [3.63, 3.8) is 0 Å². The quantitative estimate of drug-likeness (QED) is 0.637. The molecule has 23 heavy (non-hydrogen) atoms. The molecule has 0 saturated carbocycles. The van der Waals surface area contributed by atoms with E-state index in [9.17, 15) is 10.5 Å². The molecule has 0 aromatic heterocycles. The lowest BCUT2D eigenvalue weighted by molar-refractivity contribution is 0.817. The van der Waals surface area contributed by atoms with Gasteiger partial charge in [-0.3, -0.25) is 0 Å². The minimum Gasteiger partial charge on any atom is -0.762 e. The third-order valence-electron chi connectivity index (χ3n) is 3.31. The van der Waals surface area contributed by atoms with Gasteiger partial charge in [-0.2, -0.15) is 15.8 Å². The van der Waals surface area contributed by atoms with Crippen molar-refractivity contribution >= 4 is 17.5 Å². The van der Waals surface area contributed by atoms with Crippen LogP contribution in [0.2, 0.25) is 5.02 Å². The summed E-state index contributed by atoms with van der Waals surface area (Å²) in [5, 5.41) is 40.1. The summed E-state index contributed by atoms with van der Waals surface area (Å²) in [5.74, 6) is 0.958. The first-order valence-corrected chi connectivity index (χ1v) is 6.69. The van der Waals surface area contributed by atoms with E-state index in [-0.39, 0.29) is 28.2 Å². The van der Waals surface area contributed by atoms with Gasteiger partial charge in [0, 0.05) is 5.02 Å². The van der Waals surface area contributed by atoms with Crippen LogP contribution >= 0.6 is 11.6 Å². The van der Waals surface area contributed by atoms with Crippen molar-refractivity contribution in [3.05, 3.63) is 68.5 Å². The van der Waals surface area contributed by atoms with Crippen LogP contribution in [0.15, 0.2) is 52.5 Å². The fourth-order valence-corrected chi connectivity index (χ4v) is 2.41. The lowest BCUT2D eigenvalue weighted by Gasteiger charge is -2.26. The van der Waals surface area contributed by atoms with Gasteiger partial charge in [-0.25, -0.2) is 5.87 Å². The fraction of sp³-hybridized carbons (Fsp3) is 0.0625. The minimum absolute atomic E-state index is 0.00412. The van der Waals surface area contributed by atoms with E-state index < -0.39 is 5.92 Å². The first-order chi connectivity index (χ1) is 11.1. The number of nitrogens with two attached hydrogens (primary N) is 1. The zero-order valence-electron chi connectivity index (χ0n) is 11.6. The summed E-state index contributed by atoms with van der Waals surface area (Å²) in [6.45, 7) is 0. The topological polar surface area (TPSA) is 132 Å². The van der Waals surface area contributed by atoms with Crippen LogP contribution in [-0.4, -0.2) is 5.87 Å².